The number of hydrogen-bond acceptors (Lipinski definition) is 4. The van der Waals surface area contributed by atoms with Crippen LogP contribution in [0.3, 0.4) is 0 Å². The van der Waals surface area contributed by atoms with E-state index in [9.17, 15) is 13.6 Å². The summed E-state index contributed by atoms with van der Waals surface area (Å²) >= 11 is 0. The fourth-order valence-electron chi connectivity index (χ4n) is 7.11. The first-order chi connectivity index (χ1) is 18.5. The average molecular weight is 530 g/mol. The summed E-state index contributed by atoms with van der Waals surface area (Å²) in [6.45, 7) is 3.22. The number of ether oxygens (including phenoxy) is 2. The van der Waals surface area contributed by atoms with Gasteiger partial charge in [0, 0.05) is 18.7 Å². The molecule has 4 rings (SSSR count). The monoisotopic (exact) mass is 529 g/mol. The molecule has 0 aliphatic heterocycles. The molecule has 3 aliphatic carbocycles. The number of carbonyl (C=O) groups is 1. The van der Waals surface area contributed by atoms with Gasteiger partial charge in [-0.25, -0.2) is 8.78 Å². The van der Waals surface area contributed by atoms with Gasteiger partial charge in [0.05, 0.1) is 12.0 Å². The van der Waals surface area contributed by atoms with Crippen molar-refractivity contribution in [1.82, 2.24) is 0 Å². The molecule has 0 heterocycles. The van der Waals surface area contributed by atoms with E-state index in [0.717, 1.165) is 69.1 Å². The summed E-state index contributed by atoms with van der Waals surface area (Å²) in [6.07, 6.45) is 19.6. The van der Waals surface area contributed by atoms with Gasteiger partial charge in [-0.2, -0.15) is 5.26 Å². The Labute approximate surface area is 227 Å². The lowest BCUT2D eigenvalue weighted by atomic mass is 9.70. The van der Waals surface area contributed by atoms with E-state index >= 15 is 0 Å². The van der Waals surface area contributed by atoms with E-state index in [0.29, 0.717) is 17.9 Å². The Bertz CT molecular complexity index is 914. The van der Waals surface area contributed by atoms with Gasteiger partial charge >= 0.3 is 5.97 Å². The molecule has 38 heavy (non-hydrogen) atoms. The van der Waals surface area contributed by atoms with E-state index in [1.54, 1.807) is 0 Å². The smallest absolute Gasteiger partial charge is 0.314 e. The summed E-state index contributed by atoms with van der Waals surface area (Å²) in [7, 11) is 0. The lowest BCUT2D eigenvalue weighted by Crippen LogP contribution is -2.32. The Balaban J connectivity index is 1.11. The first-order valence-electron chi connectivity index (χ1n) is 15.2. The van der Waals surface area contributed by atoms with Crippen molar-refractivity contribution in [2.24, 2.45) is 29.6 Å². The zero-order valence-electron chi connectivity index (χ0n) is 23.1. The molecule has 0 N–H and O–H groups in total. The van der Waals surface area contributed by atoms with E-state index in [-0.39, 0.29) is 11.7 Å². The summed E-state index contributed by atoms with van der Waals surface area (Å²) in [6, 6.07) is 3.29. The molecule has 0 aromatic heterocycles. The Hall–Kier alpha value is -2.00. The molecule has 1 aromatic rings. The molecule has 3 saturated carbocycles. The van der Waals surface area contributed by atoms with Crippen LogP contribution in [-0.4, -0.2) is 18.7 Å². The van der Waals surface area contributed by atoms with E-state index in [4.69, 9.17) is 14.7 Å². The molecule has 210 valence electrons. The van der Waals surface area contributed by atoms with E-state index in [2.05, 4.69) is 6.92 Å². The minimum Gasteiger partial charge on any atom is -0.426 e. The summed E-state index contributed by atoms with van der Waals surface area (Å²) in [4.78, 5) is 12.6. The second-order valence-electron chi connectivity index (χ2n) is 12.2. The maximum atomic E-state index is 13.8. The predicted molar refractivity (Wildman–Crippen MR) is 143 cm³/mol. The second-order valence-corrected chi connectivity index (χ2v) is 12.2. The summed E-state index contributed by atoms with van der Waals surface area (Å²) in [5.74, 6) is 0.167. The van der Waals surface area contributed by atoms with Crippen LogP contribution in [0.2, 0.25) is 0 Å². The number of esters is 1. The van der Waals surface area contributed by atoms with Gasteiger partial charge in [-0.15, -0.1) is 0 Å². The van der Waals surface area contributed by atoms with E-state index in [1.165, 1.54) is 70.3 Å². The first kappa shape index (κ1) is 29.0. The summed E-state index contributed by atoms with van der Waals surface area (Å²) in [5.41, 5.74) is -0.661. The van der Waals surface area contributed by atoms with Crippen LogP contribution in [0.4, 0.5) is 8.78 Å². The zero-order chi connectivity index (χ0) is 26.9. The van der Waals surface area contributed by atoms with Gasteiger partial charge in [-0.3, -0.25) is 4.79 Å². The van der Waals surface area contributed by atoms with Crippen molar-refractivity contribution in [3.63, 3.8) is 0 Å². The molecule has 0 saturated heterocycles. The standard InChI is InChI=1S/C32H45F2NO3/c1-2-3-4-5-22-6-8-23(9-7-22)21-37-27-16-14-25(15-17-27)24-10-12-26(13-11-24)32(36)38-28-18-30(33)29(20-35)31(34)19-28/h18-19,22-27H,2-17,21H2,1H3/t22-,23-,24-,25-,26-,27-. The molecule has 1 aromatic carbocycles. The minimum absolute atomic E-state index is 0.176. The summed E-state index contributed by atoms with van der Waals surface area (Å²) < 4.78 is 39.3. The van der Waals surface area contributed by atoms with Crippen molar-refractivity contribution < 1.29 is 23.0 Å². The Morgan fingerprint density at radius 3 is 2.03 bits per heavy atom. The van der Waals surface area contributed by atoms with Gasteiger partial charge in [0.15, 0.2) is 0 Å². The molecule has 0 amide bonds. The Morgan fingerprint density at radius 2 is 1.45 bits per heavy atom. The lowest BCUT2D eigenvalue weighted by molar-refractivity contribution is -0.140. The lowest BCUT2D eigenvalue weighted by Gasteiger charge is -2.37. The predicted octanol–water partition coefficient (Wildman–Crippen LogP) is 8.51. The number of benzene rings is 1. The Morgan fingerprint density at radius 1 is 0.868 bits per heavy atom. The molecular weight excluding hydrogens is 484 g/mol. The average Bonchev–Trinajstić information content (AvgIpc) is 2.93. The third-order valence-corrected chi connectivity index (χ3v) is 9.59. The zero-order valence-corrected chi connectivity index (χ0v) is 23.1. The van der Waals surface area contributed by atoms with Crippen LogP contribution in [0.5, 0.6) is 5.75 Å². The highest BCUT2D eigenvalue weighted by Crippen LogP contribution is 2.41. The van der Waals surface area contributed by atoms with Crippen LogP contribution in [0.1, 0.15) is 115 Å². The molecular formula is C32H45F2NO3. The molecule has 6 heteroatoms. The van der Waals surface area contributed by atoms with Crippen molar-refractivity contribution >= 4 is 5.97 Å². The fourth-order valence-corrected chi connectivity index (χ4v) is 7.11. The van der Waals surface area contributed by atoms with E-state index in [1.807, 2.05) is 0 Å². The number of nitriles is 1. The van der Waals surface area contributed by atoms with Crippen LogP contribution in [0.25, 0.3) is 0 Å². The van der Waals surface area contributed by atoms with Crippen LogP contribution in [-0.2, 0) is 9.53 Å². The number of carbonyl (C=O) groups excluding carboxylic acids is 1. The maximum absolute atomic E-state index is 13.8. The number of nitrogens with zero attached hydrogens (tertiary/aromatic N) is 1. The molecule has 0 spiro atoms. The molecule has 4 nitrogen and oxygen atoms in total. The van der Waals surface area contributed by atoms with Crippen molar-refractivity contribution in [3.8, 4) is 11.8 Å². The highest BCUT2D eigenvalue weighted by molar-refractivity contribution is 5.75. The van der Waals surface area contributed by atoms with Gasteiger partial charge in [0.2, 0.25) is 0 Å². The molecule has 0 atom stereocenters. The third-order valence-electron chi connectivity index (χ3n) is 9.59. The quantitative estimate of drug-likeness (QED) is 0.173. The van der Waals surface area contributed by atoms with E-state index < -0.39 is 23.2 Å². The molecule has 0 radical (unpaired) electrons. The van der Waals surface area contributed by atoms with Crippen LogP contribution < -0.4 is 4.74 Å². The molecule has 0 unspecified atom stereocenters. The van der Waals surface area contributed by atoms with Gasteiger partial charge in [-0.1, -0.05) is 45.4 Å². The Kier molecular flexibility index (Phi) is 11.0. The molecule has 3 fully saturated rings. The second kappa shape index (κ2) is 14.4. The molecule has 3 aliphatic rings. The third kappa shape index (κ3) is 8.01. The van der Waals surface area contributed by atoms with Crippen molar-refractivity contribution in [3.05, 3.63) is 29.3 Å². The van der Waals surface area contributed by atoms with Gasteiger partial charge in [0.1, 0.15) is 29.0 Å². The SMILES string of the molecule is CCCCC[C@H]1CC[C@H](CO[C@H]2CC[C@H]([C@H]3CC[C@H](C(=O)Oc4cc(F)c(C#N)c(F)c4)CC3)CC2)CC1. The van der Waals surface area contributed by atoms with Crippen LogP contribution in [0, 0.1) is 52.6 Å². The minimum atomic E-state index is -1.01. The number of rotatable bonds is 10. The van der Waals surface area contributed by atoms with Crippen molar-refractivity contribution in [2.45, 2.75) is 116 Å². The largest absolute Gasteiger partial charge is 0.426 e. The van der Waals surface area contributed by atoms with Crippen molar-refractivity contribution in [1.29, 1.82) is 5.26 Å². The van der Waals surface area contributed by atoms with Gasteiger partial charge < -0.3 is 9.47 Å². The number of hydrogen-bond donors (Lipinski definition) is 0. The highest BCUT2D eigenvalue weighted by Gasteiger charge is 2.34. The normalized spacial score (nSPS) is 29.9. The van der Waals surface area contributed by atoms with Gasteiger partial charge in [0.25, 0.3) is 0 Å². The summed E-state index contributed by atoms with van der Waals surface area (Å²) in [5, 5.41) is 8.79. The van der Waals surface area contributed by atoms with Crippen molar-refractivity contribution in [2.75, 3.05) is 6.61 Å². The number of halogens is 2. The topological polar surface area (TPSA) is 59.3 Å². The van der Waals surface area contributed by atoms with Gasteiger partial charge in [-0.05, 0) is 87.9 Å². The van der Waals surface area contributed by atoms with Crippen LogP contribution in [0.15, 0.2) is 12.1 Å². The highest BCUT2D eigenvalue weighted by atomic mass is 19.1. The maximum Gasteiger partial charge on any atom is 0.314 e. The van der Waals surface area contributed by atoms with Crippen LogP contribution >= 0.6 is 0 Å². The fraction of sp³-hybridized carbons (Fsp3) is 0.750. The number of unbranched alkanes of at least 4 members (excludes halogenated alkanes) is 2. The molecule has 0 bridgehead atoms. The first-order valence-corrected chi connectivity index (χ1v) is 15.2.